The Kier molecular flexibility index (Phi) is 14.4. The van der Waals surface area contributed by atoms with Crippen molar-refractivity contribution in [3.63, 3.8) is 0 Å². The molecule has 7 atom stereocenters. The number of esters is 1. The van der Waals surface area contributed by atoms with Crippen molar-refractivity contribution in [1.29, 1.82) is 0 Å². The topological polar surface area (TPSA) is 157 Å². The van der Waals surface area contributed by atoms with Crippen LogP contribution in [0.1, 0.15) is 103 Å². The molecule has 5 heterocycles. The Morgan fingerprint density at radius 3 is 2.59 bits per heavy atom. The van der Waals surface area contributed by atoms with E-state index in [0.29, 0.717) is 56.1 Å². The molecule has 1 aromatic carbocycles. The molecule has 6 bridgehead atoms. The summed E-state index contributed by atoms with van der Waals surface area (Å²) in [5.41, 5.74) is 8.85. The number of amides is 3. The largest absolute Gasteiger partial charge is 0.464 e. The van der Waals surface area contributed by atoms with Crippen molar-refractivity contribution in [2.45, 2.75) is 118 Å². The zero-order valence-corrected chi connectivity index (χ0v) is 39.0. The average Bonchev–Trinajstić information content (AvgIpc) is 3.57. The number of fused-ring (bicyclic) bond motifs is 6. The molecule has 0 spiro atoms. The molecule has 1 saturated carbocycles. The van der Waals surface area contributed by atoms with E-state index in [4.69, 9.17) is 24.2 Å². The minimum atomic E-state index is -1.20. The number of hydrazine groups is 1. The average molecular weight is 884 g/mol. The van der Waals surface area contributed by atoms with Gasteiger partial charge in [-0.3, -0.25) is 29.2 Å². The Morgan fingerprint density at radius 1 is 1.14 bits per heavy atom. The number of piperidine rings is 1. The van der Waals surface area contributed by atoms with Crippen molar-refractivity contribution >= 4 is 57.7 Å². The van der Waals surface area contributed by atoms with Crippen LogP contribution in [-0.4, -0.2) is 108 Å². The third-order valence-electron chi connectivity index (χ3n) is 13.1. The number of allylic oxidation sites excluding steroid dienone is 2. The van der Waals surface area contributed by atoms with Crippen LogP contribution in [0, 0.1) is 23.2 Å². The standard InChI is InChI=1S/C48H65N7O7S/c1-10-31(39(49-11-2)29(6)60-9)41-33-25-48(7,8)27-62-47(59)34-18-17-23-55(52-34)46(58)40(51-43(56)37-28(5)38(37)45(57)53-21-15-14-16-22-53)42(61-13-4)44-50-35(26-63-44)30-19-20-36(32(33)24-30)54(41)12-3/h10-11,19-20,24,26,28-29,34,37-38,40,42,52H,1,12-18,21-23,25,27H2,2-9H3,(H,51,56)/b39-31+,49-11-/t28-,29+,34+,37-,38-,40+,42+/m1/s1. The number of benzene rings is 1. The van der Waals surface area contributed by atoms with Crippen LogP contribution in [0.5, 0.6) is 0 Å². The molecule has 3 amide bonds. The van der Waals surface area contributed by atoms with Gasteiger partial charge in [-0.15, -0.1) is 11.3 Å². The molecule has 7 rings (SSSR count). The van der Waals surface area contributed by atoms with Gasteiger partial charge in [-0.05, 0) is 89.8 Å². The number of aryl methyl sites for hydroxylation is 1. The van der Waals surface area contributed by atoms with Gasteiger partial charge in [0.15, 0.2) is 0 Å². The Morgan fingerprint density at radius 2 is 1.90 bits per heavy atom. The van der Waals surface area contributed by atoms with E-state index in [1.165, 1.54) is 16.3 Å². The van der Waals surface area contributed by atoms with Crippen LogP contribution < -0.4 is 10.7 Å². The van der Waals surface area contributed by atoms with Crippen LogP contribution in [0.15, 0.2) is 46.9 Å². The smallest absolute Gasteiger partial charge is 0.324 e. The van der Waals surface area contributed by atoms with Crippen LogP contribution in [0.4, 0.5) is 0 Å². The maximum absolute atomic E-state index is 14.8. The number of hydrogen-bond donors (Lipinski definition) is 2. The molecule has 3 aromatic rings. The van der Waals surface area contributed by atoms with Gasteiger partial charge >= 0.3 is 5.97 Å². The van der Waals surface area contributed by atoms with Crippen LogP contribution >= 0.6 is 11.3 Å². The Balaban J connectivity index is 1.34. The monoisotopic (exact) mass is 883 g/mol. The molecule has 0 radical (unpaired) electrons. The summed E-state index contributed by atoms with van der Waals surface area (Å²) in [5, 5.41) is 7.97. The highest BCUT2D eigenvalue weighted by Gasteiger charge is 2.58. The van der Waals surface area contributed by atoms with Crippen molar-refractivity contribution in [2.24, 2.45) is 28.2 Å². The number of hydrogen-bond acceptors (Lipinski definition) is 11. The van der Waals surface area contributed by atoms with Crippen molar-refractivity contribution < 1.29 is 33.4 Å². The van der Waals surface area contributed by atoms with Gasteiger partial charge < -0.3 is 29.0 Å². The van der Waals surface area contributed by atoms with Crippen molar-refractivity contribution in [1.82, 2.24) is 30.2 Å². The second-order valence-electron chi connectivity index (χ2n) is 18.1. The molecule has 3 fully saturated rings. The van der Waals surface area contributed by atoms with Gasteiger partial charge in [0.25, 0.3) is 5.91 Å². The predicted octanol–water partition coefficient (Wildman–Crippen LogP) is 6.89. The van der Waals surface area contributed by atoms with Crippen LogP contribution in [0.2, 0.25) is 0 Å². The number of rotatable bonds is 11. The van der Waals surface area contributed by atoms with Crippen LogP contribution in [0.25, 0.3) is 27.7 Å². The van der Waals surface area contributed by atoms with Crippen molar-refractivity contribution in [2.75, 3.05) is 40.0 Å². The van der Waals surface area contributed by atoms with E-state index in [-0.39, 0.29) is 37.0 Å². The number of aliphatic imine (C=N–C) groups is 1. The van der Waals surface area contributed by atoms with Gasteiger partial charge in [0.2, 0.25) is 11.8 Å². The molecular weight excluding hydrogens is 819 g/mol. The van der Waals surface area contributed by atoms with E-state index in [9.17, 15) is 19.2 Å². The van der Waals surface area contributed by atoms with Crippen molar-refractivity contribution in [3.05, 3.63) is 58.2 Å². The van der Waals surface area contributed by atoms with E-state index in [2.05, 4.69) is 60.9 Å². The maximum Gasteiger partial charge on any atom is 0.324 e. The Bertz CT molecular complexity index is 2270. The molecule has 3 aliphatic heterocycles. The first-order chi connectivity index (χ1) is 30.3. The van der Waals surface area contributed by atoms with E-state index in [1.54, 1.807) is 13.3 Å². The van der Waals surface area contributed by atoms with Gasteiger partial charge in [0.1, 0.15) is 23.2 Å². The van der Waals surface area contributed by atoms with Crippen LogP contribution in [-0.2, 0) is 46.4 Å². The lowest BCUT2D eigenvalue weighted by Crippen LogP contribution is -2.61. The van der Waals surface area contributed by atoms with E-state index >= 15 is 0 Å². The number of carbonyl (C=O) groups excluding carboxylic acids is 4. The predicted molar refractivity (Wildman–Crippen MR) is 246 cm³/mol. The summed E-state index contributed by atoms with van der Waals surface area (Å²) in [6, 6.07) is 4.32. The van der Waals surface area contributed by atoms with E-state index in [1.807, 2.05) is 44.1 Å². The summed E-state index contributed by atoms with van der Waals surface area (Å²) in [5.74, 6) is -2.47. The van der Waals surface area contributed by atoms with Gasteiger partial charge in [-0.25, -0.2) is 10.4 Å². The summed E-state index contributed by atoms with van der Waals surface area (Å²) in [7, 11) is 1.67. The number of nitrogens with zero attached hydrogens (tertiary/aromatic N) is 5. The molecule has 63 heavy (non-hydrogen) atoms. The van der Waals surface area contributed by atoms with E-state index < -0.39 is 47.3 Å². The molecule has 2 aromatic heterocycles. The molecular formula is C48H65N7O7S. The zero-order valence-electron chi connectivity index (χ0n) is 38.2. The highest BCUT2D eigenvalue weighted by molar-refractivity contribution is 7.10. The molecule has 14 nitrogen and oxygen atoms in total. The summed E-state index contributed by atoms with van der Waals surface area (Å²) in [6.45, 7) is 20.9. The first kappa shape index (κ1) is 46.3. The summed E-state index contributed by atoms with van der Waals surface area (Å²) in [6.07, 6.45) is 6.90. The van der Waals surface area contributed by atoms with Gasteiger partial charge in [0, 0.05) is 78.9 Å². The lowest BCUT2D eigenvalue weighted by molar-refractivity contribution is -0.156. The molecule has 4 aliphatic rings. The van der Waals surface area contributed by atoms with E-state index in [0.717, 1.165) is 58.3 Å². The normalized spacial score (nSPS) is 26.2. The number of aromatic nitrogens is 2. The second kappa shape index (κ2) is 19.6. The van der Waals surface area contributed by atoms with Gasteiger partial charge in [-0.2, -0.15) is 0 Å². The highest BCUT2D eigenvalue weighted by Crippen LogP contribution is 2.48. The summed E-state index contributed by atoms with van der Waals surface area (Å²) < 4.78 is 20.6. The summed E-state index contributed by atoms with van der Waals surface area (Å²) in [4.78, 5) is 68.4. The number of likely N-dealkylation sites (tertiary alicyclic amines) is 1. The summed E-state index contributed by atoms with van der Waals surface area (Å²) >= 11 is 1.36. The van der Waals surface area contributed by atoms with Crippen LogP contribution in [0.3, 0.4) is 0 Å². The SMILES string of the molecule is C=C/C(=C(\N=C/C)[C@H](C)OC)c1c2c3cc(ccc3n1CC)-c1csc(n1)[C@@H](OCC)[C@H](NC(=O)[C@@H]1[C@@H](C)[C@H]1C(=O)N1CCCCC1)C(=O)N1CCC[C@H](N1)C(=O)OCC(C)(C)C2. The number of thiazole rings is 1. The zero-order chi connectivity index (χ0) is 45.2. The molecule has 0 unspecified atom stereocenters. The van der Waals surface area contributed by atoms with Gasteiger partial charge in [-0.1, -0.05) is 39.5 Å². The fourth-order valence-corrected chi connectivity index (χ4v) is 10.6. The van der Waals surface area contributed by atoms with Crippen molar-refractivity contribution in [3.8, 4) is 11.3 Å². The maximum atomic E-state index is 14.8. The third-order valence-corrected chi connectivity index (χ3v) is 14.0. The Labute approximate surface area is 375 Å². The number of cyclic esters (lactones) is 1. The number of carbonyl (C=O) groups is 4. The first-order valence-electron chi connectivity index (χ1n) is 22.7. The van der Waals surface area contributed by atoms with Gasteiger partial charge in [0.05, 0.1) is 41.6 Å². The number of ether oxygens (including phenoxy) is 3. The lowest BCUT2D eigenvalue weighted by atomic mass is 9.84. The quantitative estimate of drug-likeness (QED) is 0.119. The first-order valence-corrected chi connectivity index (χ1v) is 23.6. The molecule has 1 aliphatic carbocycles. The third kappa shape index (κ3) is 9.43. The fourth-order valence-electron chi connectivity index (χ4n) is 9.67. The second-order valence-corrected chi connectivity index (χ2v) is 19.0. The molecule has 15 heteroatoms. The minimum Gasteiger partial charge on any atom is -0.464 e. The molecule has 340 valence electrons. The Hall–Kier alpha value is -4.70. The molecule has 2 N–H and O–H groups in total. The lowest BCUT2D eigenvalue weighted by Gasteiger charge is -2.37. The number of methoxy groups -OCH3 is 1. The molecule has 2 saturated heterocycles. The minimum absolute atomic E-state index is 0.00393. The number of nitrogens with one attached hydrogen (secondary N) is 2. The highest BCUT2D eigenvalue weighted by atomic mass is 32.1. The fraction of sp³-hybridized carbons (Fsp3) is 0.583.